The Morgan fingerprint density at radius 1 is 1.35 bits per heavy atom. The number of likely N-dealkylation sites (N-methyl/N-ethyl adjacent to an activating group) is 2. The molecule has 0 aliphatic carbocycles. The lowest BCUT2D eigenvalue weighted by molar-refractivity contribution is 0.112. The smallest absolute Gasteiger partial charge is 0.150 e. The minimum atomic E-state index is 0.444. The maximum atomic E-state index is 10.9. The number of hydrogen-bond acceptors (Lipinski definition) is 4. The van der Waals surface area contributed by atoms with Crippen LogP contribution in [0.25, 0.3) is 0 Å². The Labute approximate surface area is 122 Å². The summed E-state index contributed by atoms with van der Waals surface area (Å²) in [5, 5.41) is 0. The quantitative estimate of drug-likeness (QED) is 0.683. The predicted molar refractivity (Wildman–Crippen MR) is 82.5 cm³/mol. The molecule has 0 radical (unpaired) electrons. The third kappa shape index (κ3) is 4.62. The van der Waals surface area contributed by atoms with Crippen molar-refractivity contribution < 1.29 is 9.53 Å². The van der Waals surface area contributed by atoms with Crippen molar-refractivity contribution in [3.63, 3.8) is 0 Å². The standard InChI is InChI=1S/C16H26N2O2/c1-6-18(13(2)10-17(3)4)11-15-9-14(12-19)7-8-16(15)20-5/h7-9,12-13H,6,10-11H2,1-5H3. The highest BCUT2D eigenvalue weighted by atomic mass is 16.5. The molecule has 112 valence electrons. The number of rotatable bonds is 8. The lowest BCUT2D eigenvalue weighted by Crippen LogP contribution is -2.39. The topological polar surface area (TPSA) is 32.8 Å². The molecule has 0 aromatic heterocycles. The molecule has 0 N–H and O–H groups in total. The molecule has 0 bridgehead atoms. The Kier molecular flexibility index (Phi) is 6.68. The molecule has 0 fully saturated rings. The second kappa shape index (κ2) is 8.02. The van der Waals surface area contributed by atoms with E-state index in [0.717, 1.165) is 37.2 Å². The minimum Gasteiger partial charge on any atom is -0.496 e. The summed E-state index contributed by atoms with van der Waals surface area (Å²) in [6, 6.07) is 6.01. The SMILES string of the molecule is CCN(Cc1cc(C=O)ccc1OC)C(C)CN(C)C. The molecule has 1 rings (SSSR count). The Morgan fingerprint density at radius 2 is 2.05 bits per heavy atom. The maximum absolute atomic E-state index is 10.9. The first-order chi connectivity index (χ1) is 9.51. The van der Waals surface area contributed by atoms with E-state index in [1.807, 2.05) is 12.1 Å². The highest BCUT2D eigenvalue weighted by Crippen LogP contribution is 2.22. The van der Waals surface area contributed by atoms with Gasteiger partial charge in [0.05, 0.1) is 7.11 Å². The van der Waals surface area contributed by atoms with Gasteiger partial charge in [0.1, 0.15) is 12.0 Å². The van der Waals surface area contributed by atoms with Crippen LogP contribution >= 0.6 is 0 Å². The molecule has 0 spiro atoms. The van der Waals surface area contributed by atoms with Crippen LogP contribution < -0.4 is 4.74 Å². The molecule has 0 aliphatic rings. The fourth-order valence-electron chi connectivity index (χ4n) is 2.44. The number of ether oxygens (including phenoxy) is 1. The summed E-state index contributed by atoms with van der Waals surface area (Å²) in [6.45, 7) is 7.13. The summed E-state index contributed by atoms with van der Waals surface area (Å²) >= 11 is 0. The van der Waals surface area contributed by atoms with Crippen molar-refractivity contribution in [3.8, 4) is 5.75 Å². The van der Waals surface area contributed by atoms with Crippen LogP contribution in [0.3, 0.4) is 0 Å². The zero-order chi connectivity index (χ0) is 15.1. The number of carbonyl (C=O) groups is 1. The minimum absolute atomic E-state index is 0.444. The molecule has 0 amide bonds. The van der Waals surface area contributed by atoms with Gasteiger partial charge in [0, 0.05) is 30.3 Å². The van der Waals surface area contributed by atoms with Crippen LogP contribution in [-0.2, 0) is 6.54 Å². The third-order valence-corrected chi connectivity index (χ3v) is 3.47. The van der Waals surface area contributed by atoms with Gasteiger partial charge in [-0.3, -0.25) is 9.69 Å². The summed E-state index contributed by atoms with van der Waals surface area (Å²) in [5.41, 5.74) is 1.75. The average Bonchev–Trinajstić information content (AvgIpc) is 2.43. The second-order valence-electron chi connectivity index (χ2n) is 5.36. The number of nitrogens with zero attached hydrogens (tertiary/aromatic N) is 2. The Bertz CT molecular complexity index is 432. The van der Waals surface area contributed by atoms with E-state index >= 15 is 0 Å². The third-order valence-electron chi connectivity index (χ3n) is 3.47. The van der Waals surface area contributed by atoms with Crippen LogP contribution in [0.2, 0.25) is 0 Å². The van der Waals surface area contributed by atoms with Crippen molar-refractivity contribution in [1.29, 1.82) is 0 Å². The predicted octanol–water partition coefficient (Wildman–Crippen LogP) is 2.28. The lowest BCUT2D eigenvalue weighted by atomic mass is 10.1. The molecular weight excluding hydrogens is 252 g/mol. The number of carbonyl (C=O) groups excluding carboxylic acids is 1. The number of benzene rings is 1. The molecule has 20 heavy (non-hydrogen) atoms. The molecule has 4 heteroatoms. The normalized spacial score (nSPS) is 12.8. The van der Waals surface area contributed by atoms with Gasteiger partial charge in [-0.05, 0) is 45.8 Å². The molecule has 0 aliphatic heterocycles. The molecule has 4 nitrogen and oxygen atoms in total. The first-order valence-electron chi connectivity index (χ1n) is 7.02. The lowest BCUT2D eigenvalue weighted by Gasteiger charge is -2.30. The summed E-state index contributed by atoms with van der Waals surface area (Å²) in [7, 11) is 5.83. The molecule has 1 aromatic carbocycles. The fourth-order valence-corrected chi connectivity index (χ4v) is 2.44. The second-order valence-corrected chi connectivity index (χ2v) is 5.36. The van der Waals surface area contributed by atoms with Gasteiger partial charge in [-0.25, -0.2) is 0 Å². The first-order valence-corrected chi connectivity index (χ1v) is 7.02. The molecule has 0 heterocycles. The Morgan fingerprint density at radius 3 is 2.55 bits per heavy atom. The van der Waals surface area contributed by atoms with Gasteiger partial charge in [0.25, 0.3) is 0 Å². The number of methoxy groups -OCH3 is 1. The van der Waals surface area contributed by atoms with E-state index in [-0.39, 0.29) is 0 Å². The molecule has 1 atom stereocenters. The number of aldehydes is 1. The Hall–Kier alpha value is -1.39. The summed E-state index contributed by atoms with van der Waals surface area (Å²) in [6.07, 6.45) is 0.877. The van der Waals surface area contributed by atoms with E-state index in [9.17, 15) is 4.79 Å². The number of hydrogen-bond donors (Lipinski definition) is 0. The van der Waals surface area contributed by atoms with Gasteiger partial charge in [-0.15, -0.1) is 0 Å². The van der Waals surface area contributed by atoms with E-state index < -0.39 is 0 Å². The van der Waals surface area contributed by atoms with E-state index in [4.69, 9.17) is 4.74 Å². The van der Waals surface area contributed by atoms with Crippen molar-refractivity contribution in [2.75, 3.05) is 34.3 Å². The van der Waals surface area contributed by atoms with Crippen LogP contribution in [0.15, 0.2) is 18.2 Å². The monoisotopic (exact) mass is 278 g/mol. The largest absolute Gasteiger partial charge is 0.496 e. The van der Waals surface area contributed by atoms with Crippen LogP contribution in [-0.4, -0.2) is 56.4 Å². The highest BCUT2D eigenvalue weighted by molar-refractivity contribution is 5.75. The van der Waals surface area contributed by atoms with Crippen molar-refractivity contribution >= 4 is 6.29 Å². The fraction of sp³-hybridized carbons (Fsp3) is 0.562. The molecular formula is C16H26N2O2. The summed E-state index contributed by atoms with van der Waals surface area (Å²) in [5.74, 6) is 0.839. The van der Waals surface area contributed by atoms with Gasteiger partial charge in [0.15, 0.2) is 0 Å². The van der Waals surface area contributed by atoms with E-state index in [1.54, 1.807) is 13.2 Å². The van der Waals surface area contributed by atoms with E-state index in [2.05, 4.69) is 37.7 Å². The van der Waals surface area contributed by atoms with Crippen molar-refractivity contribution in [2.24, 2.45) is 0 Å². The van der Waals surface area contributed by atoms with Crippen LogP contribution in [0, 0.1) is 0 Å². The van der Waals surface area contributed by atoms with Crippen molar-refractivity contribution in [1.82, 2.24) is 9.80 Å². The summed E-state index contributed by atoms with van der Waals surface area (Å²) < 4.78 is 5.40. The van der Waals surface area contributed by atoms with Gasteiger partial charge in [0.2, 0.25) is 0 Å². The zero-order valence-corrected chi connectivity index (χ0v) is 13.2. The van der Waals surface area contributed by atoms with E-state index in [1.165, 1.54) is 0 Å². The van der Waals surface area contributed by atoms with Crippen molar-refractivity contribution in [2.45, 2.75) is 26.4 Å². The Balaban J connectivity index is 2.90. The van der Waals surface area contributed by atoms with E-state index in [0.29, 0.717) is 11.6 Å². The average molecular weight is 278 g/mol. The maximum Gasteiger partial charge on any atom is 0.150 e. The van der Waals surface area contributed by atoms with Gasteiger partial charge >= 0.3 is 0 Å². The van der Waals surface area contributed by atoms with Gasteiger partial charge in [-0.1, -0.05) is 6.92 Å². The van der Waals surface area contributed by atoms with Gasteiger partial charge < -0.3 is 9.64 Å². The first kappa shape index (κ1) is 16.7. The van der Waals surface area contributed by atoms with Gasteiger partial charge in [-0.2, -0.15) is 0 Å². The molecule has 0 saturated heterocycles. The highest BCUT2D eigenvalue weighted by Gasteiger charge is 2.15. The van der Waals surface area contributed by atoms with Crippen LogP contribution in [0.4, 0.5) is 0 Å². The van der Waals surface area contributed by atoms with Crippen LogP contribution in [0.5, 0.6) is 5.75 Å². The molecule has 1 aromatic rings. The van der Waals surface area contributed by atoms with Crippen LogP contribution in [0.1, 0.15) is 29.8 Å². The summed E-state index contributed by atoms with van der Waals surface area (Å²) in [4.78, 5) is 15.5. The molecule has 1 unspecified atom stereocenters. The molecule has 0 saturated carbocycles. The van der Waals surface area contributed by atoms with Crippen molar-refractivity contribution in [3.05, 3.63) is 29.3 Å². The zero-order valence-electron chi connectivity index (χ0n) is 13.2.